The number of benzene rings is 1. The Morgan fingerprint density at radius 1 is 1.12 bits per heavy atom. The summed E-state index contributed by atoms with van der Waals surface area (Å²) in [6.45, 7) is 1.86. The second-order valence-electron chi connectivity index (χ2n) is 3.19. The summed E-state index contributed by atoms with van der Waals surface area (Å²) < 4.78 is 5.44. The quantitative estimate of drug-likeness (QED) is 0.840. The molecular formula is C10H6Cl3N3O. The highest BCUT2D eigenvalue weighted by Crippen LogP contribution is 2.28. The van der Waals surface area contributed by atoms with Gasteiger partial charge in [-0.25, -0.2) is 0 Å². The van der Waals surface area contributed by atoms with Crippen LogP contribution in [0.3, 0.4) is 0 Å². The molecule has 88 valence electrons. The van der Waals surface area contributed by atoms with E-state index in [1.54, 1.807) is 18.2 Å². The van der Waals surface area contributed by atoms with Crippen LogP contribution in [0, 0.1) is 6.92 Å². The summed E-state index contributed by atoms with van der Waals surface area (Å²) in [6.07, 6.45) is 0. The summed E-state index contributed by atoms with van der Waals surface area (Å²) >= 11 is 17.3. The lowest BCUT2D eigenvalue weighted by Crippen LogP contribution is -1.95. The Morgan fingerprint density at radius 2 is 1.88 bits per heavy atom. The molecule has 0 atom stereocenters. The minimum atomic E-state index is -0.0323. The monoisotopic (exact) mass is 289 g/mol. The van der Waals surface area contributed by atoms with Crippen molar-refractivity contribution in [2.24, 2.45) is 0 Å². The van der Waals surface area contributed by atoms with Gasteiger partial charge in [0.15, 0.2) is 0 Å². The molecule has 0 fully saturated rings. The molecule has 2 rings (SSSR count). The molecule has 7 heteroatoms. The number of aromatic nitrogens is 3. The SMILES string of the molecule is Cc1cc(Oc2nc(Cl)nnc2Cl)ccc1Cl. The normalized spacial score (nSPS) is 10.4. The van der Waals surface area contributed by atoms with Gasteiger partial charge in [-0.1, -0.05) is 23.2 Å². The molecule has 0 bridgehead atoms. The van der Waals surface area contributed by atoms with E-state index in [-0.39, 0.29) is 16.3 Å². The minimum Gasteiger partial charge on any atom is -0.436 e. The van der Waals surface area contributed by atoms with Crippen LogP contribution in [0.5, 0.6) is 11.6 Å². The van der Waals surface area contributed by atoms with Crippen molar-refractivity contribution in [1.82, 2.24) is 15.2 Å². The lowest BCUT2D eigenvalue weighted by atomic mass is 10.2. The second kappa shape index (κ2) is 5.04. The number of hydrogen-bond donors (Lipinski definition) is 0. The van der Waals surface area contributed by atoms with Crippen LogP contribution in [-0.2, 0) is 0 Å². The summed E-state index contributed by atoms with van der Waals surface area (Å²) in [6, 6.07) is 5.17. The zero-order valence-electron chi connectivity index (χ0n) is 8.62. The molecule has 1 aromatic heterocycles. The largest absolute Gasteiger partial charge is 0.436 e. The molecule has 0 unspecified atom stereocenters. The molecular weight excluding hydrogens is 284 g/mol. The van der Waals surface area contributed by atoms with Gasteiger partial charge in [-0.3, -0.25) is 0 Å². The highest BCUT2D eigenvalue weighted by molar-refractivity contribution is 6.31. The van der Waals surface area contributed by atoms with E-state index >= 15 is 0 Å². The van der Waals surface area contributed by atoms with Crippen LogP contribution in [0.25, 0.3) is 0 Å². The Hall–Kier alpha value is -1.10. The van der Waals surface area contributed by atoms with Gasteiger partial charge in [0.05, 0.1) is 0 Å². The van der Waals surface area contributed by atoms with Crippen LogP contribution in [0.1, 0.15) is 5.56 Å². The van der Waals surface area contributed by atoms with E-state index in [1.165, 1.54) is 0 Å². The topological polar surface area (TPSA) is 47.9 Å². The molecule has 0 amide bonds. The predicted molar refractivity (Wildman–Crippen MR) is 66.1 cm³/mol. The smallest absolute Gasteiger partial charge is 0.262 e. The van der Waals surface area contributed by atoms with Crippen LogP contribution in [0.2, 0.25) is 15.5 Å². The van der Waals surface area contributed by atoms with E-state index in [0.29, 0.717) is 10.8 Å². The van der Waals surface area contributed by atoms with Crippen molar-refractivity contribution >= 4 is 34.8 Å². The lowest BCUT2D eigenvalue weighted by Gasteiger charge is -2.06. The van der Waals surface area contributed by atoms with Crippen LogP contribution in [0.4, 0.5) is 0 Å². The summed E-state index contributed by atoms with van der Waals surface area (Å²) in [5, 5.41) is 7.73. The molecule has 0 N–H and O–H groups in total. The van der Waals surface area contributed by atoms with Gasteiger partial charge in [0.1, 0.15) is 5.75 Å². The molecule has 0 spiro atoms. The number of rotatable bonds is 2. The van der Waals surface area contributed by atoms with Crippen LogP contribution >= 0.6 is 34.8 Å². The fraction of sp³-hybridized carbons (Fsp3) is 0.100. The first-order chi connectivity index (χ1) is 8.06. The van der Waals surface area contributed by atoms with Gasteiger partial charge in [0.2, 0.25) is 10.4 Å². The molecule has 0 saturated carbocycles. The highest BCUT2D eigenvalue weighted by atomic mass is 35.5. The van der Waals surface area contributed by atoms with Crippen molar-refractivity contribution in [3.05, 3.63) is 39.2 Å². The van der Waals surface area contributed by atoms with E-state index < -0.39 is 0 Å². The standard InChI is InChI=1S/C10H6Cl3N3O/c1-5-4-6(2-3-7(5)11)17-9-8(12)15-16-10(13)14-9/h2-4H,1H3. The zero-order valence-corrected chi connectivity index (χ0v) is 10.9. The molecule has 1 aromatic carbocycles. The van der Waals surface area contributed by atoms with E-state index in [0.717, 1.165) is 5.56 Å². The number of aryl methyl sites for hydroxylation is 1. The Labute approximate surface area is 113 Å². The maximum atomic E-state index is 5.90. The molecule has 2 aromatic rings. The minimum absolute atomic E-state index is 0.0323. The highest BCUT2D eigenvalue weighted by Gasteiger charge is 2.09. The second-order valence-corrected chi connectivity index (χ2v) is 4.29. The molecule has 0 aliphatic rings. The van der Waals surface area contributed by atoms with Crippen LogP contribution in [-0.4, -0.2) is 15.2 Å². The number of hydrogen-bond acceptors (Lipinski definition) is 4. The van der Waals surface area contributed by atoms with Crippen molar-refractivity contribution in [1.29, 1.82) is 0 Å². The van der Waals surface area contributed by atoms with E-state index in [9.17, 15) is 0 Å². The Kier molecular flexibility index (Phi) is 3.66. The fourth-order valence-electron chi connectivity index (χ4n) is 1.14. The lowest BCUT2D eigenvalue weighted by molar-refractivity contribution is 0.457. The van der Waals surface area contributed by atoms with Crippen LogP contribution in [0.15, 0.2) is 18.2 Å². The first kappa shape index (κ1) is 12.4. The first-order valence-corrected chi connectivity index (χ1v) is 5.69. The van der Waals surface area contributed by atoms with Gasteiger partial charge in [0, 0.05) is 5.02 Å². The number of nitrogens with zero attached hydrogens (tertiary/aromatic N) is 3. The zero-order chi connectivity index (χ0) is 12.4. The fourth-order valence-corrected chi connectivity index (χ4v) is 1.49. The van der Waals surface area contributed by atoms with Gasteiger partial charge in [-0.15, -0.1) is 10.2 Å². The van der Waals surface area contributed by atoms with Gasteiger partial charge in [-0.2, -0.15) is 4.98 Å². The molecule has 0 aliphatic carbocycles. The maximum absolute atomic E-state index is 5.90. The summed E-state index contributed by atoms with van der Waals surface area (Å²) in [7, 11) is 0. The molecule has 1 heterocycles. The van der Waals surface area contributed by atoms with Gasteiger partial charge in [-0.05, 0) is 42.3 Å². The van der Waals surface area contributed by atoms with E-state index in [2.05, 4.69) is 15.2 Å². The van der Waals surface area contributed by atoms with Crippen molar-refractivity contribution in [2.75, 3.05) is 0 Å². The predicted octanol–water partition coefficient (Wildman–Crippen LogP) is 3.93. The van der Waals surface area contributed by atoms with E-state index in [1.807, 2.05) is 6.92 Å². The Balaban J connectivity index is 2.31. The molecule has 0 radical (unpaired) electrons. The van der Waals surface area contributed by atoms with Crippen molar-refractivity contribution in [2.45, 2.75) is 6.92 Å². The first-order valence-electron chi connectivity index (χ1n) is 4.56. The van der Waals surface area contributed by atoms with Gasteiger partial charge in [0.25, 0.3) is 5.88 Å². The van der Waals surface area contributed by atoms with Crippen LogP contribution < -0.4 is 4.74 Å². The van der Waals surface area contributed by atoms with E-state index in [4.69, 9.17) is 39.5 Å². The third kappa shape index (κ3) is 2.97. The summed E-state index contributed by atoms with van der Waals surface area (Å²) in [5.74, 6) is 0.652. The van der Waals surface area contributed by atoms with Crippen molar-refractivity contribution in [3.8, 4) is 11.6 Å². The Bertz CT molecular complexity index is 562. The van der Waals surface area contributed by atoms with Crippen molar-refractivity contribution < 1.29 is 4.74 Å². The summed E-state index contributed by atoms with van der Waals surface area (Å²) in [5.41, 5.74) is 0.883. The van der Waals surface area contributed by atoms with Gasteiger partial charge < -0.3 is 4.74 Å². The number of ether oxygens (including phenoxy) is 1. The Morgan fingerprint density at radius 3 is 2.59 bits per heavy atom. The number of halogens is 3. The molecule has 0 aliphatic heterocycles. The maximum Gasteiger partial charge on any atom is 0.262 e. The summed E-state index contributed by atoms with van der Waals surface area (Å²) in [4.78, 5) is 3.82. The third-order valence-corrected chi connectivity index (χ3v) is 2.76. The molecule has 17 heavy (non-hydrogen) atoms. The molecule has 0 saturated heterocycles. The molecule has 4 nitrogen and oxygen atoms in total. The van der Waals surface area contributed by atoms with Gasteiger partial charge >= 0.3 is 0 Å². The van der Waals surface area contributed by atoms with Crippen molar-refractivity contribution in [3.63, 3.8) is 0 Å². The third-order valence-electron chi connectivity index (χ3n) is 1.93. The average molecular weight is 291 g/mol. The average Bonchev–Trinajstić information content (AvgIpc) is 2.29.